The maximum Gasteiger partial charge on any atom is 0.407 e. The van der Waals surface area contributed by atoms with E-state index in [1.165, 1.54) is 6.92 Å². The molecular formula is C25H30N2O5. The molecule has 0 heterocycles. The third-order valence-electron chi connectivity index (χ3n) is 5.98. The molecular weight excluding hydrogens is 408 g/mol. The van der Waals surface area contributed by atoms with Crippen LogP contribution in [0.4, 0.5) is 4.79 Å². The van der Waals surface area contributed by atoms with Crippen LogP contribution in [0.2, 0.25) is 0 Å². The Labute approximate surface area is 188 Å². The number of amides is 2. The molecule has 2 aromatic rings. The summed E-state index contributed by atoms with van der Waals surface area (Å²) in [6, 6.07) is 14.6. The molecule has 0 saturated carbocycles. The van der Waals surface area contributed by atoms with Crippen molar-refractivity contribution in [2.75, 3.05) is 6.61 Å². The number of alkyl carbamates (subject to hydrolysis) is 1. The first kappa shape index (κ1) is 23.3. The molecule has 2 aromatic carbocycles. The van der Waals surface area contributed by atoms with Crippen LogP contribution in [0, 0.1) is 11.8 Å². The summed E-state index contributed by atoms with van der Waals surface area (Å²) in [5.41, 5.74) is 4.54. The maximum absolute atomic E-state index is 12.6. The lowest BCUT2D eigenvalue weighted by atomic mass is 9.88. The number of carboxylic acid groups (broad SMARTS) is 1. The van der Waals surface area contributed by atoms with Crippen LogP contribution in [-0.4, -0.2) is 41.8 Å². The molecule has 1 aliphatic rings. The topological polar surface area (TPSA) is 105 Å². The van der Waals surface area contributed by atoms with E-state index in [2.05, 4.69) is 22.8 Å². The van der Waals surface area contributed by atoms with Gasteiger partial charge in [0.1, 0.15) is 12.6 Å². The Morgan fingerprint density at radius 2 is 1.44 bits per heavy atom. The number of carbonyl (C=O) groups is 3. The summed E-state index contributed by atoms with van der Waals surface area (Å²) in [5, 5.41) is 14.3. The number of hydrogen-bond donors (Lipinski definition) is 3. The molecule has 32 heavy (non-hydrogen) atoms. The molecule has 0 spiro atoms. The molecule has 0 bridgehead atoms. The number of carboxylic acids is 1. The first-order valence-electron chi connectivity index (χ1n) is 10.8. The molecule has 0 fully saturated rings. The smallest absolute Gasteiger partial charge is 0.407 e. The number of hydrogen-bond acceptors (Lipinski definition) is 4. The Kier molecular flexibility index (Phi) is 7.18. The van der Waals surface area contributed by atoms with Gasteiger partial charge < -0.3 is 20.5 Å². The Hall–Kier alpha value is -3.35. The van der Waals surface area contributed by atoms with Gasteiger partial charge in [0.25, 0.3) is 0 Å². The third kappa shape index (κ3) is 4.93. The number of fused-ring (bicyclic) bond motifs is 3. The molecule has 0 saturated heterocycles. The van der Waals surface area contributed by atoms with Gasteiger partial charge >= 0.3 is 12.1 Å². The van der Waals surface area contributed by atoms with Gasteiger partial charge in [-0.3, -0.25) is 9.59 Å². The number of aliphatic carboxylic acids is 1. The molecule has 0 aromatic heterocycles. The number of rotatable bonds is 8. The van der Waals surface area contributed by atoms with Gasteiger partial charge in [0, 0.05) is 12.0 Å². The number of nitrogens with one attached hydrogen (secondary N) is 2. The summed E-state index contributed by atoms with van der Waals surface area (Å²) in [6.45, 7) is 7.01. The minimum absolute atomic E-state index is 0.0518. The summed E-state index contributed by atoms with van der Waals surface area (Å²) in [4.78, 5) is 36.2. The second kappa shape index (κ2) is 9.85. The average molecular weight is 439 g/mol. The van der Waals surface area contributed by atoms with Crippen molar-refractivity contribution in [1.29, 1.82) is 0 Å². The van der Waals surface area contributed by atoms with E-state index in [0.29, 0.717) is 0 Å². The Morgan fingerprint density at radius 1 is 0.906 bits per heavy atom. The van der Waals surface area contributed by atoms with E-state index in [9.17, 15) is 14.4 Å². The van der Waals surface area contributed by atoms with Crippen LogP contribution in [0.25, 0.3) is 11.1 Å². The van der Waals surface area contributed by atoms with E-state index in [0.717, 1.165) is 22.3 Å². The summed E-state index contributed by atoms with van der Waals surface area (Å²) in [6.07, 6.45) is -0.607. The van der Waals surface area contributed by atoms with Crippen LogP contribution in [-0.2, 0) is 14.3 Å². The Bertz CT molecular complexity index is 958. The van der Waals surface area contributed by atoms with Crippen molar-refractivity contribution in [3.05, 3.63) is 59.7 Å². The van der Waals surface area contributed by atoms with Gasteiger partial charge in [-0.05, 0) is 42.0 Å². The number of carbonyl (C=O) groups excluding carboxylic acids is 2. The maximum atomic E-state index is 12.6. The summed E-state index contributed by atoms with van der Waals surface area (Å²) < 4.78 is 5.56. The summed E-state index contributed by atoms with van der Waals surface area (Å²) in [7, 11) is 0. The molecule has 0 aliphatic heterocycles. The molecule has 3 rings (SSSR count). The van der Waals surface area contributed by atoms with E-state index >= 15 is 0 Å². The normalized spacial score (nSPS) is 15.3. The minimum Gasteiger partial charge on any atom is -0.480 e. The van der Waals surface area contributed by atoms with E-state index in [1.807, 2.05) is 50.2 Å². The van der Waals surface area contributed by atoms with Crippen molar-refractivity contribution in [3.63, 3.8) is 0 Å². The second-order valence-electron chi connectivity index (χ2n) is 8.60. The van der Waals surface area contributed by atoms with Crippen molar-refractivity contribution in [2.24, 2.45) is 11.8 Å². The molecule has 3 N–H and O–H groups in total. The molecule has 7 heteroatoms. The first-order chi connectivity index (χ1) is 15.2. The van der Waals surface area contributed by atoms with Gasteiger partial charge in [-0.1, -0.05) is 62.4 Å². The quantitative estimate of drug-likeness (QED) is 0.582. The monoisotopic (exact) mass is 438 g/mol. The molecule has 170 valence electrons. The Morgan fingerprint density at radius 3 is 1.94 bits per heavy atom. The standard InChI is InChI=1S/C25H30N2O5/c1-14(2)22(23(28)26-16(4)24(29)30)15(3)27-25(31)32-13-21-19-11-7-5-9-17(19)18-10-6-8-12-20(18)21/h5-12,14-16,21-22H,13H2,1-4H3,(H,26,28)(H,27,31)(H,29,30). The zero-order valence-corrected chi connectivity index (χ0v) is 18.8. The highest BCUT2D eigenvalue weighted by atomic mass is 16.5. The first-order valence-corrected chi connectivity index (χ1v) is 10.8. The van der Waals surface area contributed by atoms with Crippen LogP contribution in [0.3, 0.4) is 0 Å². The fourth-order valence-corrected chi connectivity index (χ4v) is 4.39. The highest BCUT2D eigenvalue weighted by Gasteiger charge is 2.32. The van der Waals surface area contributed by atoms with Gasteiger partial charge in [0.05, 0.1) is 5.92 Å². The van der Waals surface area contributed by atoms with E-state index in [1.54, 1.807) is 6.92 Å². The second-order valence-corrected chi connectivity index (χ2v) is 8.60. The predicted octanol–water partition coefficient (Wildman–Crippen LogP) is 3.78. The zero-order chi connectivity index (χ0) is 23.4. The van der Waals surface area contributed by atoms with Crippen LogP contribution in [0.5, 0.6) is 0 Å². The average Bonchev–Trinajstić information content (AvgIpc) is 3.05. The lowest BCUT2D eigenvalue weighted by Gasteiger charge is -2.28. The number of ether oxygens (including phenoxy) is 1. The summed E-state index contributed by atoms with van der Waals surface area (Å²) in [5.74, 6) is -2.29. The van der Waals surface area contributed by atoms with Crippen LogP contribution < -0.4 is 10.6 Å². The lowest BCUT2D eigenvalue weighted by molar-refractivity contribution is -0.142. The van der Waals surface area contributed by atoms with Gasteiger partial charge in [-0.25, -0.2) is 4.79 Å². The third-order valence-corrected chi connectivity index (χ3v) is 5.98. The molecule has 2 amide bonds. The predicted molar refractivity (Wildman–Crippen MR) is 121 cm³/mol. The lowest BCUT2D eigenvalue weighted by Crippen LogP contribution is -2.50. The zero-order valence-electron chi connectivity index (χ0n) is 18.8. The van der Waals surface area contributed by atoms with Gasteiger partial charge in [0.15, 0.2) is 0 Å². The molecule has 3 unspecified atom stereocenters. The summed E-state index contributed by atoms with van der Waals surface area (Å²) >= 11 is 0. The van der Waals surface area contributed by atoms with Crippen molar-refractivity contribution >= 4 is 18.0 Å². The highest BCUT2D eigenvalue weighted by Crippen LogP contribution is 2.44. The highest BCUT2D eigenvalue weighted by molar-refractivity contribution is 5.85. The fraction of sp³-hybridized carbons (Fsp3) is 0.400. The SMILES string of the molecule is CC(NC(=O)C(C(C)C)C(C)NC(=O)OCC1c2ccccc2-c2ccccc21)C(=O)O. The molecule has 1 aliphatic carbocycles. The van der Waals surface area contributed by atoms with Crippen LogP contribution in [0.15, 0.2) is 48.5 Å². The molecule has 0 radical (unpaired) electrons. The van der Waals surface area contributed by atoms with E-state index in [4.69, 9.17) is 9.84 Å². The van der Waals surface area contributed by atoms with Crippen LogP contribution >= 0.6 is 0 Å². The van der Waals surface area contributed by atoms with E-state index < -0.39 is 36.0 Å². The molecule has 3 atom stereocenters. The van der Waals surface area contributed by atoms with Gasteiger partial charge in [-0.2, -0.15) is 0 Å². The van der Waals surface area contributed by atoms with Crippen molar-refractivity contribution in [1.82, 2.24) is 10.6 Å². The van der Waals surface area contributed by atoms with Gasteiger partial charge in [-0.15, -0.1) is 0 Å². The van der Waals surface area contributed by atoms with E-state index in [-0.39, 0.29) is 18.4 Å². The Balaban J connectivity index is 1.64. The van der Waals surface area contributed by atoms with Gasteiger partial charge in [0.2, 0.25) is 5.91 Å². The van der Waals surface area contributed by atoms with Crippen molar-refractivity contribution in [2.45, 2.75) is 45.7 Å². The van der Waals surface area contributed by atoms with Crippen LogP contribution in [0.1, 0.15) is 44.7 Å². The largest absolute Gasteiger partial charge is 0.480 e. The minimum atomic E-state index is -1.11. The molecule has 7 nitrogen and oxygen atoms in total. The fourth-order valence-electron chi connectivity index (χ4n) is 4.39. The number of benzene rings is 2. The van der Waals surface area contributed by atoms with Crippen molar-refractivity contribution < 1.29 is 24.2 Å². The van der Waals surface area contributed by atoms with Crippen molar-refractivity contribution in [3.8, 4) is 11.1 Å².